The van der Waals surface area contributed by atoms with Crippen molar-refractivity contribution in [3.63, 3.8) is 0 Å². The number of sulfonamides is 1. The number of urea groups is 1. The summed E-state index contributed by atoms with van der Waals surface area (Å²) in [5, 5.41) is 0.977. The van der Waals surface area contributed by atoms with Gasteiger partial charge < -0.3 is 0 Å². The average molecular weight is 362 g/mol. The number of nitrogens with zero attached hydrogens (tertiary/aromatic N) is 1. The standard InChI is InChI=1S/C12H12ClN3O4S2/c13-8-1-3-9(4-2-8)21-6-5-15-22(19,20)10-7-14-12(18)16-11(10)17/h1-4,7,10,15H,5-6H2,(H,16,17,18). The van der Waals surface area contributed by atoms with Gasteiger partial charge in [-0.15, -0.1) is 11.8 Å². The quantitative estimate of drug-likeness (QED) is 0.582. The summed E-state index contributed by atoms with van der Waals surface area (Å²) in [6.45, 7) is 0.140. The van der Waals surface area contributed by atoms with Gasteiger partial charge in [0.1, 0.15) is 0 Å². The van der Waals surface area contributed by atoms with Gasteiger partial charge in [-0.25, -0.2) is 22.9 Å². The van der Waals surface area contributed by atoms with Crippen LogP contribution in [0.1, 0.15) is 0 Å². The summed E-state index contributed by atoms with van der Waals surface area (Å²) in [7, 11) is -3.92. The van der Waals surface area contributed by atoms with Crippen molar-refractivity contribution in [2.75, 3.05) is 12.3 Å². The average Bonchev–Trinajstić information content (AvgIpc) is 2.45. The fourth-order valence-corrected chi connectivity index (χ4v) is 3.76. The molecule has 2 N–H and O–H groups in total. The molecule has 7 nitrogen and oxygen atoms in total. The van der Waals surface area contributed by atoms with Crippen molar-refractivity contribution in [3.05, 3.63) is 29.3 Å². The van der Waals surface area contributed by atoms with Gasteiger partial charge in [0.25, 0.3) is 5.91 Å². The molecule has 118 valence electrons. The van der Waals surface area contributed by atoms with Gasteiger partial charge in [0.15, 0.2) is 5.25 Å². The lowest BCUT2D eigenvalue weighted by Gasteiger charge is -2.15. The molecule has 1 aromatic rings. The van der Waals surface area contributed by atoms with E-state index in [1.807, 2.05) is 17.4 Å². The van der Waals surface area contributed by atoms with Crippen molar-refractivity contribution in [1.29, 1.82) is 0 Å². The molecule has 1 aromatic carbocycles. The summed E-state index contributed by atoms with van der Waals surface area (Å²) >= 11 is 7.21. The van der Waals surface area contributed by atoms with E-state index in [-0.39, 0.29) is 6.54 Å². The summed E-state index contributed by atoms with van der Waals surface area (Å²) in [5.74, 6) is -0.427. The van der Waals surface area contributed by atoms with E-state index in [0.29, 0.717) is 10.8 Å². The number of benzene rings is 1. The zero-order chi connectivity index (χ0) is 16.2. The maximum absolute atomic E-state index is 12.0. The molecule has 0 fully saturated rings. The van der Waals surface area contributed by atoms with Gasteiger partial charge in [0, 0.05) is 28.4 Å². The lowest BCUT2D eigenvalue weighted by molar-refractivity contribution is -0.118. The normalized spacial score (nSPS) is 18.3. The zero-order valence-corrected chi connectivity index (χ0v) is 13.5. The molecule has 0 aromatic heterocycles. The van der Waals surface area contributed by atoms with Crippen LogP contribution in [-0.2, 0) is 14.8 Å². The number of carbonyl (C=O) groups is 2. The molecule has 1 aliphatic rings. The largest absolute Gasteiger partial charge is 0.347 e. The van der Waals surface area contributed by atoms with Gasteiger partial charge in [-0.1, -0.05) is 11.6 Å². The van der Waals surface area contributed by atoms with E-state index in [1.165, 1.54) is 11.8 Å². The van der Waals surface area contributed by atoms with Crippen LogP contribution in [0.25, 0.3) is 0 Å². The van der Waals surface area contributed by atoms with Crippen LogP contribution in [-0.4, -0.2) is 44.1 Å². The molecular formula is C12H12ClN3O4S2. The first-order chi connectivity index (χ1) is 10.4. The first kappa shape index (κ1) is 16.9. The number of nitrogens with one attached hydrogen (secondary N) is 2. The molecule has 2 rings (SSSR count). The molecule has 10 heteroatoms. The summed E-state index contributed by atoms with van der Waals surface area (Å²) in [5.41, 5.74) is 0. The number of hydrogen-bond donors (Lipinski definition) is 2. The van der Waals surface area contributed by atoms with Gasteiger partial charge in [-0.3, -0.25) is 10.1 Å². The maximum atomic E-state index is 12.0. The molecular weight excluding hydrogens is 350 g/mol. The Morgan fingerprint density at radius 1 is 1.27 bits per heavy atom. The molecule has 0 radical (unpaired) electrons. The van der Waals surface area contributed by atoms with E-state index < -0.39 is 27.2 Å². The van der Waals surface area contributed by atoms with E-state index >= 15 is 0 Å². The summed E-state index contributed by atoms with van der Waals surface area (Å²) in [4.78, 5) is 26.5. The fraction of sp³-hybridized carbons (Fsp3) is 0.250. The van der Waals surface area contributed by atoms with Gasteiger partial charge >= 0.3 is 6.03 Å². The number of carbonyl (C=O) groups excluding carboxylic acids is 2. The van der Waals surface area contributed by atoms with Crippen LogP contribution in [0.2, 0.25) is 5.02 Å². The Labute approximate surface area is 136 Å². The Bertz CT molecular complexity index is 704. The Balaban J connectivity index is 1.85. The van der Waals surface area contributed by atoms with E-state index in [4.69, 9.17) is 11.6 Å². The smallest absolute Gasteiger partial charge is 0.275 e. The van der Waals surface area contributed by atoms with Crippen LogP contribution < -0.4 is 10.0 Å². The van der Waals surface area contributed by atoms with E-state index in [0.717, 1.165) is 11.1 Å². The number of amides is 3. The van der Waals surface area contributed by atoms with Crippen LogP contribution in [0, 0.1) is 0 Å². The van der Waals surface area contributed by atoms with E-state index in [2.05, 4.69) is 9.71 Å². The second kappa shape index (κ2) is 7.23. The highest BCUT2D eigenvalue weighted by atomic mass is 35.5. The third-order valence-corrected chi connectivity index (χ3v) is 5.51. The maximum Gasteiger partial charge on any atom is 0.347 e. The Morgan fingerprint density at radius 3 is 2.59 bits per heavy atom. The lowest BCUT2D eigenvalue weighted by atomic mass is 10.4. The van der Waals surface area contributed by atoms with Gasteiger partial charge in [0.05, 0.1) is 0 Å². The molecule has 0 spiro atoms. The van der Waals surface area contributed by atoms with Crippen molar-refractivity contribution >= 4 is 51.5 Å². The van der Waals surface area contributed by atoms with E-state index in [9.17, 15) is 18.0 Å². The molecule has 0 aliphatic carbocycles. The predicted octanol–water partition coefficient (Wildman–Crippen LogP) is 1.04. The monoisotopic (exact) mass is 361 g/mol. The zero-order valence-electron chi connectivity index (χ0n) is 11.2. The number of hydrogen-bond acceptors (Lipinski definition) is 5. The Morgan fingerprint density at radius 2 is 1.95 bits per heavy atom. The van der Waals surface area contributed by atoms with Crippen LogP contribution in [0.5, 0.6) is 0 Å². The molecule has 1 heterocycles. The second-order valence-electron chi connectivity index (χ2n) is 4.23. The fourth-order valence-electron chi connectivity index (χ4n) is 1.61. The van der Waals surface area contributed by atoms with Gasteiger partial charge in [-0.2, -0.15) is 0 Å². The topological polar surface area (TPSA) is 105 Å². The summed E-state index contributed by atoms with van der Waals surface area (Å²) in [6.07, 6.45) is 0.829. The number of thioether (sulfide) groups is 1. The van der Waals surface area contributed by atoms with Crippen molar-refractivity contribution in [3.8, 4) is 0 Å². The highest BCUT2D eigenvalue weighted by Crippen LogP contribution is 2.19. The minimum absolute atomic E-state index is 0.140. The van der Waals surface area contributed by atoms with Gasteiger partial charge in [0.2, 0.25) is 10.0 Å². The SMILES string of the molecule is O=C1N=CC(S(=O)(=O)NCCSc2ccc(Cl)cc2)C(=O)N1. The first-order valence-electron chi connectivity index (χ1n) is 6.14. The number of imide groups is 1. The molecule has 0 saturated heterocycles. The van der Waals surface area contributed by atoms with Crippen molar-refractivity contribution in [2.24, 2.45) is 4.99 Å². The summed E-state index contributed by atoms with van der Waals surface area (Å²) < 4.78 is 26.2. The minimum Gasteiger partial charge on any atom is -0.275 e. The number of aliphatic imine (C=N–C) groups is 1. The van der Waals surface area contributed by atoms with Crippen molar-refractivity contribution in [2.45, 2.75) is 10.1 Å². The third-order valence-electron chi connectivity index (χ3n) is 2.64. The molecule has 3 amide bonds. The van der Waals surface area contributed by atoms with Crippen molar-refractivity contribution < 1.29 is 18.0 Å². The third kappa shape index (κ3) is 4.54. The molecule has 22 heavy (non-hydrogen) atoms. The summed E-state index contributed by atoms with van der Waals surface area (Å²) in [6, 6.07) is 6.28. The molecule has 1 atom stereocenters. The van der Waals surface area contributed by atoms with Crippen molar-refractivity contribution in [1.82, 2.24) is 10.0 Å². The molecule has 0 saturated carbocycles. The van der Waals surface area contributed by atoms with E-state index in [1.54, 1.807) is 12.1 Å². The number of halogens is 1. The van der Waals surface area contributed by atoms with Crippen LogP contribution in [0.15, 0.2) is 34.2 Å². The lowest BCUT2D eigenvalue weighted by Crippen LogP contribution is -2.50. The minimum atomic E-state index is -3.92. The molecule has 1 unspecified atom stereocenters. The Hall–Kier alpha value is -1.42. The predicted molar refractivity (Wildman–Crippen MR) is 84.9 cm³/mol. The van der Waals surface area contributed by atoms with Gasteiger partial charge in [-0.05, 0) is 24.3 Å². The molecule has 0 bridgehead atoms. The highest BCUT2D eigenvalue weighted by molar-refractivity contribution is 7.99. The van der Waals surface area contributed by atoms with Crippen LogP contribution >= 0.6 is 23.4 Å². The number of rotatable bonds is 6. The highest BCUT2D eigenvalue weighted by Gasteiger charge is 2.34. The molecule has 1 aliphatic heterocycles. The second-order valence-corrected chi connectivity index (χ2v) is 7.73. The first-order valence-corrected chi connectivity index (χ1v) is 9.05. The van der Waals surface area contributed by atoms with Crippen LogP contribution in [0.3, 0.4) is 0 Å². The Kier molecular flexibility index (Phi) is 5.57. The van der Waals surface area contributed by atoms with Crippen LogP contribution in [0.4, 0.5) is 4.79 Å².